The molecule has 1 aliphatic heterocycles. The third kappa shape index (κ3) is 7.68. The minimum atomic E-state index is -4.49. The molecule has 0 saturated carbocycles. The van der Waals surface area contributed by atoms with E-state index in [1.54, 1.807) is 25.7 Å². The van der Waals surface area contributed by atoms with Crippen LogP contribution in [0.5, 0.6) is 0 Å². The first-order chi connectivity index (χ1) is 15.4. The number of ether oxygens (including phenoxy) is 1. The molecule has 1 saturated heterocycles. The Morgan fingerprint density at radius 2 is 1.62 bits per heavy atom. The van der Waals surface area contributed by atoms with E-state index in [0.29, 0.717) is 37.4 Å². The molecule has 0 bridgehead atoms. The van der Waals surface area contributed by atoms with Crippen LogP contribution < -0.4 is 9.62 Å². The standard InChI is InChI=1S/C24H38F3N3O3S/c1-16(2)20(28-34(32)23(6,7)8)18-15-17(24(25,26)27)9-10-19(18)29-11-13-30(14-12-29)21(31)33-22(3,4)5/h9-10,15-16,20,28H,11-14H2,1-8H3/t20-,34-/m0/s1. The van der Waals surface area contributed by atoms with Gasteiger partial charge in [0.2, 0.25) is 0 Å². The third-order valence-electron chi connectivity index (χ3n) is 5.42. The Balaban J connectivity index is 2.36. The van der Waals surface area contributed by atoms with Crippen molar-refractivity contribution in [3.8, 4) is 0 Å². The number of anilines is 1. The minimum absolute atomic E-state index is 0.114. The number of amides is 1. The van der Waals surface area contributed by atoms with Crippen molar-refractivity contribution in [2.45, 2.75) is 78.0 Å². The van der Waals surface area contributed by atoms with Gasteiger partial charge >= 0.3 is 12.3 Å². The summed E-state index contributed by atoms with van der Waals surface area (Å²) < 4.78 is 61.5. The third-order valence-corrected chi connectivity index (χ3v) is 7.00. The first-order valence-corrected chi connectivity index (χ1v) is 12.7. The number of hydrogen-bond donors (Lipinski definition) is 1. The Morgan fingerprint density at radius 1 is 1.06 bits per heavy atom. The summed E-state index contributed by atoms with van der Waals surface area (Å²) in [6.45, 7) is 16.3. The van der Waals surface area contributed by atoms with E-state index in [9.17, 15) is 22.5 Å². The monoisotopic (exact) mass is 505 g/mol. The van der Waals surface area contributed by atoms with Crippen LogP contribution in [0.4, 0.5) is 23.7 Å². The summed E-state index contributed by atoms with van der Waals surface area (Å²) in [5.74, 6) is -0.114. The van der Waals surface area contributed by atoms with Crippen LogP contribution in [0.1, 0.15) is 72.6 Å². The molecule has 1 fully saturated rings. The van der Waals surface area contributed by atoms with Crippen molar-refractivity contribution in [2.24, 2.45) is 5.92 Å². The van der Waals surface area contributed by atoms with Crippen molar-refractivity contribution >= 4 is 23.1 Å². The van der Waals surface area contributed by atoms with Crippen LogP contribution in [0.25, 0.3) is 0 Å². The van der Waals surface area contributed by atoms with Crippen molar-refractivity contribution in [2.75, 3.05) is 31.1 Å². The molecule has 1 amide bonds. The second-order valence-corrected chi connectivity index (χ2v) is 12.9. The zero-order valence-corrected chi connectivity index (χ0v) is 22.2. The molecule has 1 aromatic carbocycles. The predicted octanol–water partition coefficient (Wildman–Crippen LogP) is 5.51. The van der Waals surface area contributed by atoms with Crippen molar-refractivity contribution in [1.82, 2.24) is 9.62 Å². The van der Waals surface area contributed by atoms with Crippen LogP contribution in [-0.2, 0) is 22.3 Å². The van der Waals surface area contributed by atoms with E-state index in [-0.39, 0.29) is 5.92 Å². The second kappa shape index (κ2) is 10.5. The first kappa shape index (κ1) is 28.6. The van der Waals surface area contributed by atoms with E-state index >= 15 is 0 Å². The fourth-order valence-corrected chi connectivity index (χ4v) is 4.56. The Bertz CT molecular complexity index is 843. The number of benzene rings is 1. The number of rotatable bonds is 5. The highest BCUT2D eigenvalue weighted by Gasteiger charge is 2.37. The summed E-state index contributed by atoms with van der Waals surface area (Å²) >= 11 is -1.47. The van der Waals surface area contributed by atoms with Gasteiger partial charge in [0, 0.05) is 43.2 Å². The van der Waals surface area contributed by atoms with Gasteiger partial charge in [-0.15, -0.1) is 4.72 Å². The summed E-state index contributed by atoms with van der Waals surface area (Å²) in [5.41, 5.74) is -0.247. The summed E-state index contributed by atoms with van der Waals surface area (Å²) in [4.78, 5) is 16.0. The van der Waals surface area contributed by atoms with Crippen LogP contribution >= 0.6 is 0 Å². The molecule has 0 aliphatic carbocycles. The lowest BCUT2D eigenvalue weighted by Crippen LogP contribution is -2.50. The quantitative estimate of drug-likeness (QED) is 0.535. The fourth-order valence-electron chi connectivity index (χ4n) is 3.58. The molecule has 2 atom stereocenters. The Labute approximate surface area is 204 Å². The van der Waals surface area contributed by atoms with Crippen molar-refractivity contribution in [3.63, 3.8) is 0 Å². The number of hydrogen-bond acceptors (Lipinski definition) is 5. The van der Waals surface area contributed by atoms with Gasteiger partial charge in [-0.25, -0.2) is 4.79 Å². The zero-order chi connectivity index (χ0) is 26.1. The molecular weight excluding hydrogens is 467 g/mol. The highest BCUT2D eigenvalue weighted by Crippen LogP contribution is 2.38. The van der Waals surface area contributed by atoms with E-state index in [1.165, 1.54) is 6.07 Å². The molecule has 1 N–H and O–H groups in total. The second-order valence-electron chi connectivity index (χ2n) is 10.9. The Hall–Kier alpha value is -1.65. The minimum Gasteiger partial charge on any atom is -0.598 e. The zero-order valence-electron chi connectivity index (χ0n) is 21.4. The van der Waals surface area contributed by atoms with Gasteiger partial charge in [0.05, 0.1) is 11.6 Å². The van der Waals surface area contributed by atoms with E-state index in [1.807, 2.05) is 39.5 Å². The maximum absolute atomic E-state index is 13.6. The average Bonchev–Trinajstić information content (AvgIpc) is 2.68. The SMILES string of the molecule is CC(C)[C@H](N[S@@+]([O-])C(C)(C)C)c1cc(C(F)(F)F)ccc1N1CCN(C(=O)OC(C)(C)C)CC1. The maximum Gasteiger partial charge on any atom is 0.416 e. The lowest BCUT2D eigenvalue weighted by molar-refractivity contribution is -0.137. The van der Waals surface area contributed by atoms with E-state index in [4.69, 9.17) is 4.74 Å². The first-order valence-electron chi connectivity index (χ1n) is 11.5. The van der Waals surface area contributed by atoms with Gasteiger partial charge in [0.25, 0.3) is 0 Å². The maximum atomic E-state index is 13.6. The number of carbonyl (C=O) groups is 1. The molecule has 0 unspecified atom stereocenters. The van der Waals surface area contributed by atoms with Crippen LogP contribution in [0.3, 0.4) is 0 Å². The molecule has 0 radical (unpaired) electrons. The van der Waals surface area contributed by atoms with Gasteiger partial charge in [0.15, 0.2) is 0 Å². The Morgan fingerprint density at radius 3 is 2.06 bits per heavy atom. The molecular formula is C24H38F3N3O3S. The van der Waals surface area contributed by atoms with Gasteiger partial charge in [-0.3, -0.25) is 0 Å². The van der Waals surface area contributed by atoms with Gasteiger partial charge in [-0.2, -0.15) is 13.2 Å². The number of nitrogens with zero attached hydrogens (tertiary/aromatic N) is 2. The summed E-state index contributed by atoms with van der Waals surface area (Å²) in [6.07, 6.45) is -4.89. The number of carbonyl (C=O) groups excluding carboxylic acids is 1. The van der Waals surface area contributed by atoms with Crippen molar-refractivity contribution in [1.29, 1.82) is 0 Å². The number of halogens is 3. The van der Waals surface area contributed by atoms with Crippen molar-refractivity contribution < 1.29 is 27.3 Å². The van der Waals surface area contributed by atoms with Crippen LogP contribution in [0.2, 0.25) is 0 Å². The molecule has 0 aromatic heterocycles. The highest BCUT2D eigenvalue weighted by molar-refractivity contribution is 7.90. The molecule has 0 spiro atoms. The molecule has 2 rings (SSSR count). The van der Waals surface area contributed by atoms with Gasteiger partial charge in [-0.05, 0) is 71.2 Å². The molecule has 1 heterocycles. The number of alkyl halides is 3. The normalized spacial score (nSPS) is 17.7. The Kier molecular flexibility index (Phi) is 8.86. The summed E-state index contributed by atoms with van der Waals surface area (Å²) in [5, 5.41) is 0. The molecule has 1 aliphatic rings. The van der Waals surface area contributed by atoms with Crippen LogP contribution in [0, 0.1) is 5.92 Å². The van der Waals surface area contributed by atoms with Crippen molar-refractivity contribution in [3.05, 3.63) is 29.3 Å². The summed E-state index contributed by atoms with van der Waals surface area (Å²) in [6, 6.07) is 3.17. The predicted molar refractivity (Wildman–Crippen MR) is 130 cm³/mol. The van der Waals surface area contributed by atoms with E-state index < -0.39 is 45.6 Å². The number of nitrogens with one attached hydrogen (secondary N) is 1. The smallest absolute Gasteiger partial charge is 0.416 e. The lowest BCUT2D eigenvalue weighted by Gasteiger charge is -2.39. The molecule has 10 heteroatoms. The fraction of sp³-hybridized carbons (Fsp3) is 0.708. The van der Waals surface area contributed by atoms with E-state index in [2.05, 4.69) is 4.72 Å². The summed E-state index contributed by atoms with van der Waals surface area (Å²) in [7, 11) is 0. The molecule has 6 nitrogen and oxygen atoms in total. The van der Waals surface area contributed by atoms with Gasteiger partial charge in [0.1, 0.15) is 10.3 Å². The van der Waals surface area contributed by atoms with E-state index in [0.717, 1.165) is 12.1 Å². The highest BCUT2D eigenvalue weighted by atomic mass is 32.2. The van der Waals surface area contributed by atoms with Gasteiger partial charge in [-0.1, -0.05) is 13.8 Å². The average molecular weight is 506 g/mol. The topological polar surface area (TPSA) is 67.9 Å². The molecule has 34 heavy (non-hydrogen) atoms. The van der Waals surface area contributed by atoms with Crippen LogP contribution in [0.15, 0.2) is 18.2 Å². The van der Waals surface area contributed by atoms with Crippen LogP contribution in [-0.4, -0.2) is 52.1 Å². The van der Waals surface area contributed by atoms with Gasteiger partial charge < -0.3 is 19.1 Å². The number of piperazine rings is 1. The molecule has 1 aromatic rings. The largest absolute Gasteiger partial charge is 0.598 e. The lowest BCUT2D eigenvalue weighted by atomic mass is 9.93. The molecule has 194 valence electrons.